The van der Waals surface area contributed by atoms with Crippen LogP contribution in [0.1, 0.15) is 58.0 Å². The molecule has 3 saturated heterocycles. The number of nitrogens with zero attached hydrogens (tertiary/aromatic N) is 7. The van der Waals surface area contributed by atoms with Gasteiger partial charge in [-0.05, 0) is 76.3 Å². The van der Waals surface area contributed by atoms with Gasteiger partial charge in [0.05, 0.1) is 35.2 Å². The number of benzene rings is 5. The van der Waals surface area contributed by atoms with E-state index in [2.05, 4.69) is 21.8 Å². The average molecular weight is 940 g/mol. The Kier molecular flexibility index (Phi) is 12.2. The predicted octanol–water partition coefficient (Wildman–Crippen LogP) is 6.18. The lowest BCUT2D eigenvalue weighted by Crippen LogP contribution is -2.59. The molecule has 4 aliphatic rings. The molecule has 6 unspecified atom stereocenters. The molecular weight excluding hydrogens is 895 g/mol. The number of hydrogen-bond donors (Lipinski definition) is 2. The number of esters is 1. The van der Waals surface area contributed by atoms with Crippen molar-refractivity contribution in [3.63, 3.8) is 0 Å². The lowest BCUT2D eigenvalue weighted by molar-refractivity contribution is -0.384. The van der Waals surface area contributed by atoms with Crippen molar-refractivity contribution >= 4 is 41.2 Å². The minimum atomic E-state index is -2.10. The fraction of sp³-hybridized carbons (Fsp3) is 0.245. The number of aromatic hydroxyl groups is 1. The maximum Gasteiger partial charge on any atom is 0.421 e. The number of nitro benzene ring substituents is 1. The molecule has 17 nitrogen and oxygen atoms in total. The summed E-state index contributed by atoms with van der Waals surface area (Å²) in [6, 6.07) is 33.4. The Morgan fingerprint density at radius 1 is 0.814 bits per heavy atom. The minimum absolute atomic E-state index is 0.0730. The summed E-state index contributed by atoms with van der Waals surface area (Å²) in [5, 5.41) is 31.8. The Balaban J connectivity index is 1.20. The highest BCUT2D eigenvalue weighted by Crippen LogP contribution is 2.66. The van der Waals surface area contributed by atoms with Gasteiger partial charge in [-0.1, -0.05) is 84.6 Å². The van der Waals surface area contributed by atoms with Gasteiger partial charge in [-0.15, -0.1) is 0 Å². The number of nitro groups is 1. The number of cyclic esters (lactones) is 1. The molecule has 1 aromatic heterocycles. The number of aliphatic hydroxyl groups excluding tert-OH is 1. The van der Waals surface area contributed by atoms with Crippen molar-refractivity contribution in [2.45, 2.75) is 42.7 Å². The van der Waals surface area contributed by atoms with Gasteiger partial charge in [0.15, 0.2) is 0 Å². The number of amides is 3. The van der Waals surface area contributed by atoms with Crippen LogP contribution in [0.3, 0.4) is 0 Å². The van der Waals surface area contributed by atoms with E-state index < -0.39 is 64.4 Å². The van der Waals surface area contributed by atoms with Crippen molar-refractivity contribution in [2.75, 3.05) is 42.6 Å². The first kappa shape index (κ1) is 45.3. The Labute approximate surface area is 401 Å². The number of carbonyl (C=O) groups is 4. The zero-order valence-corrected chi connectivity index (χ0v) is 37.5. The molecule has 70 heavy (non-hydrogen) atoms. The summed E-state index contributed by atoms with van der Waals surface area (Å²) in [4.78, 5) is 89.0. The fourth-order valence-corrected chi connectivity index (χ4v) is 10.5. The second-order valence-electron chi connectivity index (χ2n) is 17.3. The van der Waals surface area contributed by atoms with Gasteiger partial charge in [0.2, 0.25) is 17.8 Å². The van der Waals surface area contributed by atoms with E-state index in [1.54, 1.807) is 53.7 Å². The number of phenolic OH excluding ortho intramolecular Hbond substituents is 1. The van der Waals surface area contributed by atoms with Crippen LogP contribution >= 0.6 is 0 Å². The normalized spacial score (nSPS) is 22.7. The van der Waals surface area contributed by atoms with E-state index in [0.717, 1.165) is 4.90 Å². The van der Waals surface area contributed by atoms with Crippen LogP contribution in [0.5, 0.6) is 5.75 Å². The molecule has 0 bridgehead atoms. The Bertz CT molecular complexity index is 3020. The minimum Gasteiger partial charge on any atom is -0.508 e. The summed E-state index contributed by atoms with van der Waals surface area (Å²) >= 11 is 0. The summed E-state index contributed by atoms with van der Waals surface area (Å²) < 4.78 is 12.4. The van der Waals surface area contributed by atoms with E-state index in [9.17, 15) is 25.1 Å². The number of phenols is 1. The summed E-state index contributed by atoms with van der Waals surface area (Å²) in [6.45, 7) is 0.406. The molecule has 6 aromatic rings. The third-order valence-corrected chi connectivity index (χ3v) is 13.5. The van der Waals surface area contributed by atoms with Crippen LogP contribution < -0.4 is 9.80 Å². The number of aromatic nitrogens is 2. The lowest BCUT2D eigenvalue weighted by atomic mass is 9.65. The van der Waals surface area contributed by atoms with Crippen LogP contribution in [0.2, 0.25) is 0 Å². The number of aliphatic hydroxyl groups is 1. The van der Waals surface area contributed by atoms with Crippen LogP contribution in [0.15, 0.2) is 146 Å². The quantitative estimate of drug-likeness (QED) is 0.0719. The predicted molar refractivity (Wildman–Crippen MR) is 253 cm³/mol. The number of ether oxygens (including phenoxy) is 2. The highest BCUT2D eigenvalue weighted by atomic mass is 16.6. The van der Waals surface area contributed by atoms with Crippen LogP contribution in [-0.2, 0) is 35.9 Å². The molecule has 0 saturated carbocycles. The standard InChI is InChI=1S/C53H45N7O10/c61-31-8-7-10-34-17-24-42-41(32-34)53(50(65)58(42)52(66)69-33-35-15-20-39(21-16-35)60(67)68)43(48(63)56-27-29-57(30-28-56)51-54-25-9-26-55-51)45-49(64)70-46(37-13-5-2-6-14-37)44(36-11-3-1-4-12-36)59(45)47(53)38-18-22-40(62)23-19-38/h1-6,9,11-26,32,43-47,61-62H,8,27-31,33H2. The van der Waals surface area contributed by atoms with Crippen molar-refractivity contribution < 1.29 is 43.8 Å². The summed E-state index contributed by atoms with van der Waals surface area (Å²) in [6.07, 6.45) is 1.36. The van der Waals surface area contributed by atoms with Gasteiger partial charge < -0.3 is 29.5 Å². The van der Waals surface area contributed by atoms with Gasteiger partial charge in [-0.25, -0.2) is 19.7 Å². The third kappa shape index (κ3) is 7.92. The lowest BCUT2D eigenvalue weighted by Gasteiger charge is -2.46. The average Bonchev–Trinajstić information content (AvgIpc) is 3.85. The number of fused-ring (bicyclic) bond motifs is 3. The largest absolute Gasteiger partial charge is 0.508 e. The summed E-state index contributed by atoms with van der Waals surface area (Å²) in [7, 11) is 0. The summed E-state index contributed by atoms with van der Waals surface area (Å²) in [5.74, 6) is 2.72. The first-order valence-electron chi connectivity index (χ1n) is 22.8. The molecule has 3 fully saturated rings. The molecule has 6 atom stereocenters. The summed E-state index contributed by atoms with van der Waals surface area (Å²) in [5.41, 5.74) is 0.671. The van der Waals surface area contributed by atoms with Crippen LogP contribution in [0, 0.1) is 27.9 Å². The molecule has 5 heterocycles. The molecule has 1 spiro atoms. The van der Waals surface area contributed by atoms with Gasteiger partial charge in [0.25, 0.3) is 5.69 Å². The SMILES string of the molecule is O=C1OC(c2ccccc2)C(c2ccccc2)N2C1C(C(=O)N1CCN(c3ncccn3)CC1)C1(C(=O)N(C(=O)OCc3ccc([N+](=O)[O-])cc3)c3ccc(C#CCCO)cc31)C2c1ccc(O)cc1. The Morgan fingerprint density at radius 2 is 1.49 bits per heavy atom. The van der Waals surface area contributed by atoms with Crippen LogP contribution in [0.4, 0.5) is 22.1 Å². The third-order valence-electron chi connectivity index (χ3n) is 13.5. The van der Waals surface area contributed by atoms with E-state index in [-0.39, 0.29) is 55.4 Å². The molecule has 3 amide bonds. The molecule has 2 N–H and O–H groups in total. The number of anilines is 2. The van der Waals surface area contributed by atoms with Gasteiger partial charge >= 0.3 is 12.1 Å². The molecule has 5 aromatic carbocycles. The van der Waals surface area contributed by atoms with E-state index in [1.807, 2.05) is 70.5 Å². The Hall–Kier alpha value is -8.46. The number of rotatable bonds is 9. The van der Waals surface area contributed by atoms with E-state index in [0.29, 0.717) is 46.9 Å². The van der Waals surface area contributed by atoms with Gasteiger partial charge in [0, 0.05) is 62.7 Å². The number of carbonyl (C=O) groups excluding carboxylic acids is 4. The number of imide groups is 1. The maximum absolute atomic E-state index is 16.5. The highest BCUT2D eigenvalue weighted by molar-refractivity contribution is 6.23. The molecule has 352 valence electrons. The van der Waals surface area contributed by atoms with E-state index >= 15 is 14.4 Å². The molecule has 0 radical (unpaired) electrons. The second kappa shape index (κ2) is 18.9. The highest BCUT2D eigenvalue weighted by Gasteiger charge is 2.76. The number of hydrogen-bond acceptors (Lipinski definition) is 14. The van der Waals surface area contributed by atoms with Gasteiger partial charge in [-0.3, -0.25) is 29.4 Å². The van der Waals surface area contributed by atoms with Crippen molar-refractivity contribution in [1.29, 1.82) is 0 Å². The first-order chi connectivity index (χ1) is 34.1. The van der Waals surface area contributed by atoms with Crippen LogP contribution in [-0.4, -0.2) is 97.6 Å². The van der Waals surface area contributed by atoms with Crippen molar-refractivity contribution in [3.05, 3.63) is 189 Å². The molecule has 17 heteroatoms. The van der Waals surface area contributed by atoms with Gasteiger partial charge in [0.1, 0.15) is 29.9 Å². The van der Waals surface area contributed by atoms with Crippen molar-refractivity contribution in [2.24, 2.45) is 5.92 Å². The first-order valence-corrected chi connectivity index (χ1v) is 22.8. The number of piperazine rings is 1. The molecule has 10 rings (SSSR count). The van der Waals surface area contributed by atoms with Crippen LogP contribution in [0.25, 0.3) is 0 Å². The maximum atomic E-state index is 16.5. The molecular formula is C53H45N7O10. The zero-order valence-electron chi connectivity index (χ0n) is 37.5. The number of morpholine rings is 1. The van der Waals surface area contributed by atoms with E-state index in [1.165, 1.54) is 36.4 Å². The zero-order chi connectivity index (χ0) is 48.5. The van der Waals surface area contributed by atoms with E-state index in [4.69, 9.17) is 9.47 Å². The Morgan fingerprint density at radius 3 is 2.14 bits per heavy atom. The second-order valence-corrected chi connectivity index (χ2v) is 17.3. The van der Waals surface area contributed by atoms with Gasteiger partial charge in [-0.2, -0.15) is 0 Å². The molecule has 4 aliphatic heterocycles. The van der Waals surface area contributed by atoms with Crippen molar-refractivity contribution in [3.8, 4) is 17.6 Å². The van der Waals surface area contributed by atoms with Crippen molar-refractivity contribution in [1.82, 2.24) is 19.8 Å². The topological polar surface area (TPSA) is 209 Å². The monoisotopic (exact) mass is 939 g/mol. The molecule has 0 aliphatic carbocycles. The smallest absolute Gasteiger partial charge is 0.421 e. The number of non-ortho nitro benzene ring substituents is 1. The fourth-order valence-electron chi connectivity index (χ4n) is 10.5.